The minimum Gasteiger partial charge on any atom is -0.505 e. The van der Waals surface area contributed by atoms with Gasteiger partial charge in [0.2, 0.25) is 0 Å². The number of carboxylic acid groups (broad SMARTS) is 1. The summed E-state index contributed by atoms with van der Waals surface area (Å²) >= 11 is 6.24. The number of fused-ring (bicyclic) bond motifs is 1. The van der Waals surface area contributed by atoms with Crippen LogP contribution in [0.5, 0.6) is 11.5 Å². The van der Waals surface area contributed by atoms with Gasteiger partial charge in [-0.3, -0.25) is 15.1 Å². The third-order valence-electron chi connectivity index (χ3n) is 6.78. The predicted molar refractivity (Wildman–Crippen MR) is 152 cm³/mol. The van der Waals surface area contributed by atoms with E-state index in [-0.39, 0.29) is 38.8 Å². The van der Waals surface area contributed by atoms with Gasteiger partial charge in [-0.25, -0.2) is 9.18 Å². The fourth-order valence-electron chi connectivity index (χ4n) is 4.52. The van der Waals surface area contributed by atoms with Gasteiger partial charge in [-0.15, -0.1) is 0 Å². The summed E-state index contributed by atoms with van der Waals surface area (Å²) < 4.78 is 59.2. The lowest BCUT2D eigenvalue weighted by Gasteiger charge is -2.19. The van der Waals surface area contributed by atoms with Crippen LogP contribution in [0.15, 0.2) is 71.8 Å². The highest BCUT2D eigenvalue weighted by Gasteiger charge is 2.39. The number of ether oxygens (including phenoxy) is 1. The van der Waals surface area contributed by atoms with E-state index in [1.54, 1.807) is 25.1 Å². The van der Waals surface area contributed by atoms with Crippen molar-refractivity contribution in [2.45, 2.75) is 20.0 Å². The number of nitrogens with one attached hydrogen (secondary N) is 1. The molecule has 0 unspecified atom stereocenters. The van der Waals surface area contributed by atoms with Gasteiger partial charge in [-0.05, 0) is 85.1 Å². The number of amides is 1. The van der Waals surface area contributed by atoms with Gasteiger partial charge < -0.3 is 14.9 Å². The minimum absolute atomic E-state index is 0.0306. The van der Waals surface area contributed by atoms with Gasteiger partial charge in [0, 0.05) is 21.8 Å². The number of alkyl halides is 3. The van der Waals surface area contributed by atoms with Crippen LogP contribution in [0, 0.1) is 19.7 Å². The number of halogens is 5. The minimum atomic E-state index is -4.66. The molecule has 0 aromatic heterocycles. The van der Waals surface area contributed by atoms with Crippen LogP contribution < -0.4 is 15.1 Å². The van der Waals surface area contributed by atoms with Gasteiger partial charge in [0.05, 0.1) is 11.3 Å². The number of carbonyl (C=O) groups is 2. The van der Waals surface area contributed by atoms with E-state index in [1.165, 1.54) is 18.2 Å². The van der Waals surface area contributed by atoms with Crippen LogP contribution in [0.25, 0.3) is 11.1 Å². The van der Waals surface area contributed by atoms with E-state index in [4.69, 9.17) is 16.7 Å². The molecule has 220 valence electrons. The Bertz CT molecular complexity index is 1840. The van der Waals surface area contributed by atoms with E-state index < -0.39 is 41.1 Å². The van der Waals surface area contributed by atoms with Crippen molar-refractivity contribution in [2.75, 3.05) is 10.3 Å². The second-order valence-electron chi connectivity index (χ2n) is 9.57. The number of hydrogen-bond acceptors (Lipinski definition) is 6. The second-order valence-corrected chi connectivity index (χ2v) is 10.0. The van der Waals surface area contributed by atoms with Crippen LogP contribution in [0.3, 0.4) is 0 Å². The normalized spacial score (nSPS) is 13.8. The number of anilines is 3. The van der Waals surface area contributed by atoms with Crippen LogP contribution in [0.1, 0.15) is 22.3 Å². The Balaban J connectivity index is 1.57. The maximum atomic E-state index is 14.0. The SMILES string of the molecule is Cc1ccc(N2C(=O)C(=NNc3cc(Cl)cc(-c4ccc(F)c(OC(=O)O)c4)c3O)c3ccc(C(F)(F)F)cc32)cc1C. The molecule has 1 aliphatic heterocycles. The zero-order chi connectivity index (χ0) is 31.2. The third kappa shape index (κ3) is 5.69. The lowest BCUT2D eigenvalue weighted by molar-refractivity contribution is -0.137. The molecule has 0 bridgehead atoms. The summed E-state index contributed by atoms with van der Waals surface area (Å²) in [6.45, 7) is 3.66. The van der Waals surface area contributed by atoms with Gasteiger partial charge in [-0.1, -0.05) is 23.7 Å². The molecule has 1 heterocycles. The quantitative estimate of drug-likeness (QED) is 0.0691. The number of aromatic hydroxyl groups is 1. The van der Waals surface area contributed by atoms with E-state index in [2.05, 4.69) is 15.3 Å². The van der Waals surface area contributed by atoms with E-state index in [0.29, 0.717) is 5.69 Å². The summed E-state index contributed by atoms with van der Waals surface area (Å²) in [5.41, 5.74) is 3.59. The number of hydrazone groups is 1. The van der Waals surface area contributed by atoms with Crippen LogP contribution in [0.2, 0.25) is 5.02 Å². The Labute approximate surface area is 246 Å². The van der Waals surface area contributed by atoms with Crippen molar-refractivity contribution >= 4 is 46.4 Å². The average molecular weight is 614 g/mol. The van der Waals surface area contributed by atoms with Crippen LogP contribution in [-0.2, 0) is 11.0 Å². The predicted octanol–water partition coefficient (Wildman–Crippen LogP) is 8.04. The topological polar surface area (TPSA) is 111 Å². The first-order valence-electron chi connectivity index (χ1n) is 12.4. The van der Waals surface area contributed by atoms with Gasteiger partial charge >= 0.3 is 12.3 Å². The number of aryl methyl sites for hydroxylation is 2. The van der Waals surface area contributed by atoms with Crippen LogP contribution in [-0.4, -0.2) is 28.0 Å². The van der Waals surface area contributed by atoms with E-state index >= 15 is 0 Å². The number of phenols is 1. The van der Waals surface area contributed by atoms with Gasteiger partial charge in [-0.2, -0.15) is 18.3 Å². The zero-order valence-corrected chi connectivity index (χ0v) is 23.0. The van der Waals surface area contributed by atoms with E-state index in [0.717, 1.165) is 46.4 Å². The number of nitrogens with zero attached hydrogens (tertiary/aromatic N) is 2. The summed E-state index contributed by atoms with van der Waals surface area (Å²) in [6.07, 6.45) is -6.41. The maximum absolute atomic E-state index is 14.0. The molecule has 0 saturated carbocycles. The van der Waals surface area contributed by atoms with Crippen LogP contribution in [0.4, 0.5) is 39.4 Å². The van der Waals surface area contributed by atoms with Crippen molar-refractivity contribution in [2.24, 2.45) is 5.10 Å². The monoisotopic (exact) mass is 613 g/mol. The lowest BCUT2D eigenvalue weighted by atomic mass is 10.0. The molecule has 0 radical (unpaired) electrons. The standard InChI is InChI=1S/C30H20ClF4N3O5/c1-14-3-6-19(9-15(14)2)38-24-11-17(30(33,34)35)5-7-20(24)26(28(38)40)37-36-23-13-18(31)12-21(27(23)39)16-4-8-22(32)25(10-16)43-29(41)42/h3-13,36,39H,1-2H3,(H,41,42). The first-order chi connectivity index (χ1) is 20.2. The Morgan fingerprint density at radius 1 is 0.977 bits per heavy atom. The highest BCUT2D eigenvalue weighted by atomic mass is 35.5. The van der Waals surface area contributed by atoms with Crippen molar-refractivity contribution in [3.63, 3.8) is 0 Å². The van der Waals surface area contributed by atoms with Gasteiger partial charge in [0.25, 0.3) is 5.91 Å². The van der Waals surface area contributed by atoms with Gasteiger partial charge in [0.15, 0.2) is 17.3 Å². The van der Waals surface area contributed by atoms with Crippen molar-refractivity contribution in [3.8, 4) is 22.6 Å². The molecule has 4 aromatic rings. The van der Waals surface area contributed by atoms with Crippen molar-refractivity contribution in [1.82, 2.24) is 0 Å². The smallest absolute Gasteiger partial charge is 0.505 e. The molecular weight excluding hydrogens is 594 g/mol. The molecule has 0 saturated heterocycles. The van der Waals surface area contributed by atoms with E-state index in [9.17, 15) is 32.3 Å². The zero-order valence-electron chi connectivity index (χ0n) is 22.3. The molecule has 0 atom stereocenters. The highest BCUT2D eigenvalue weighted by molar-refractivity contribution is 6.55. The molecule has 0 aliphatic carbocycles. The molecule has 3 N–H and O–H groups in total. The summed E-state index contributed by atoms with van der Waals surface area (Å²) in [4.78, 5) is 25.7. The molecule has 5 rings (SSSR count). The molecule has 1 aliphatic rings. The van der Waals surface area contributed by atoms with Crippen LogP contribution >= 0.6 is 11.6 Å². The fourth-order valence-corrected chi connectivity index (χ4v) is 4.73. The lowest BCUT2D eigenvalue weighted by Crippen LogP contribution is -2.26. The number of phenolic OH excluding ortho intramolecular Hbond substituents is 1. The molecule has 13 heteroatoms. The summed E-state index contributed by atoms with van der Waals surface area (Å²) in [7, 11) is 0. The Kier molecular flexibility index (Phi) is 7.49. The summed E-state index contributed by atoms with van der Waals surface area (Å²) in [5, 5.41) is 24.1. The Morgan fingerprint density at radius 3 is 2.40 bits per heavy atom. The second kappa shape index (κ2) is 11.0. The number of benzene rings is 4. The van der Waals surface area contributed by atoms with E-state index in [1.807, 2.05) is 6.92 Å². The van der Waals surface area contributed by atoms with Crippen molar-refractivity contribution in [1.29, 1.82) is 0 Å². The van der Waals surface area contributed by atoms with Crippen molar-refractivity contribution < 1.29 is 42.1 Å². The maximum Gasteiger partial charge on any atom is 0.511 e. The fraction of sp³-hybridized carbons (Fsp3) is 0.100. The van der Waals surface area contributed by atoms with Gasteiger partial charge in [0.1, 0.15) is 11.4 Å². The first-order valence-corrected chi connectivity index (χ1v) is 12.8. The average Bonchev–Trinajstić information content (AvgIpc) is 3.21. The molecule has 0 spiro atoms. The Hall–Kier alpha value is -5.10. The molecule has 0 fully saturated rings. The Morgan fingerprint density at radius 2 is 1.72 bits per heavy atom. The summed E-state index contributed by atoms with van der Waals surface area (Å²) in [5.74, 6) is -2.75. The highest BCUT2D eigenvalue weighted by Crippen LogP contribution is 2.42. The number of hydrogen-bond donors (Lipinski definition) is 3. The molecule has 43 heavy (non-hydrogen) atoms. The molecule has 8 nitrogen and oxygen atoms in total. The third-order valence-corrected chi connectivity index (χ3v) is 7.00. The number of carbonyl (C=O) groups excluding carboxylic acids is 1. The first kappa shape index (κ1) is 29.4. The molecular formula is C30H20ClF4N3O5. The summed E-state index contributed by atoms with van der Waals surface area (Å²) in [6, 6.07) is 13.7. The van der Waals surface area contributed by atoms with Crippen molar-refractivity contribution in [3.05, 3.63) is 99.8 Å². The largest absolute Gasteiger partial charge is 0.511 e. The molecule has 4 aromatic carbocycles. The molecule has 1 amide bonds. The number of rotatable bonds is 5.